The molecule has 2 fully saturated rings. The van der Waals surface area contributed by atoms with Crippen LogP contribution in [0.5, 0.6) is 0 Å². The Morgan fingerprint density at radius 2 is 2.00 bits per heavy atom. The van der Waals surface area contributed by atoms with Crippen LogP contribution >= 0.6 is 0 Å². The largest absolute Gasteiger partial charge is 0.374 e. The lowest BCUT2D eigenvalue weighted by molar-refractivity contribution is -0.124. The lowest BCUT2D eigenvalue weighted by atomic mass is 9.90. The number of aryl methyl sites for hydroxylation is 2. The third kappa shape index (κ3) is 4.82. The number of ether oxygens (including phenoxy) is 1. The summed E-state index contributed by atoms with van der Waals surface area (Å²) in [7, 11) is -3.00. The van der Waals surface area contributed by atoms with E-state index in [9.17, 15) is 13.2 Å². The first-order valence-electron chi connectivity index (χ1n) is 9.11. The molecular formula is C19H27NO4S. The Balaban J connectivity index is 1.49. The zero-order valence-electron chi connectivity index (χ0n) is 14.8. The van der Waals surface area contributed by atoms with E-state index >= 15 is 0 Å². The van der Waals surface area contributed by atoms with E-state index in [4.69, 9.17) is 4.74 Å². The number of sulfone groups is 1. The normalized spacial score (nSPS) is 28.1. The van der Waals surface area contributed by atoms with Crippen LogP contribution in [0.25, 0.3) is 0 Å². The summed E-state index contributed by atoms with van der Waals surface area (Å²) in [5, 5.41) is 3.08. The minimum Gasteiger partial charge on any atom is -0.374 e. The Morgan fingerprint density at radius 1 is 1.28 bits per heavy atom. The summed E-state index contributed by atoms with van der Waals surface area (Å²) in [4.78, 5) is 12.3. The summed E-state index contributed by atoms with van der Waals surface area (Å²) >= 11 is 0. The second-order valence-corrected chi connectivity index (χ2v) is 9.48. The predicted octanol–water partition coefficient (Wildman–Crippen LogP) is 2.03. The SMILES string of the molecule is CCc1ccc(CCC(=O)N[C@@H]2CCO[C@]3(CCS(=O)(=O)C3)C2)cc1. The molecule has 1 N–H and O–H groups in total. The summed E-state index contributed by atoms with van der Waals surface area (Å²) in [6.45, 7) is 2.64. The molecule has 0 bridgehead atoms. The third-order valence-electron chi connectivity index (χ3n) is 5.28. The predicted molar refractivity (Wildman–Crippen MR) is 97.3 cm³/mol. The molecule has 3 rings (SSSR count). The molecular weight excluding hydrogens is 338 g/mol. The molecule has 0 unspecified atom stereocenters. The van der Waals surface area contributed by atoms with Crippen LogP contribution in [0.2, 0.25) is 0 Å². The average Bonchev–Trinajstić information content (AvgIpc) is 2.87. The molecule has 2 heterocycles. The van der Waals surface area contributed by atoms with Crippen LogP contribution in [0.3, 0.4) is 0 Å². The van der Waals surface area contributed by atoms with Gasteiger partial charge in [-0.05, 0) is 43.2 Å². The Bertz CT molecular complexity index is 713. The van der Waals surface area contributed by atoms with Crippen molar-refractivity contribution >= 4 is 15.7 Å². The monoisotopic (exact) mass is 365 g/mol. The van der Waals surface area contributed by atoms with Gasteiger partial charge in [0, 0.05) is 19.1 Å². The standard InChI is InChI=1S/C19H27NO4S/c1-2-15-3-5-16(6-4-15)7-8-18(21)20-17-9-11-24-19(13-17)10-12-25(22,23)14-19/h3-6,17H,2,7-14H2,1H3,(H,20,21)/t17-,19-/m1/s1. The van der Waals surface area contributed by atoms with Gasteiger partial charge in [-0.2, -0.15) is 0 Å². The fraction of sp³-hybridized carbons (Fsp3) is 0.632. The molecule has 6 heteroatoms. The van der Waals surface area contributed by atoms with Gasteiger partial charge in [0.2, 0.25) is 5.91 Å². The minimum absolute atomic E-state index is 0.0111. The van der Waals surface area contributed by atoms with Crippen LogP contribution in [0, 0.1) is 0 Å². The summed E-state index contributed by atoms with van der Waals surface area (Å²) < 4.78 is 29.3. The van der Waals surface area contributed by atoms with Crippen LogP contribution in [-0.2, 0) is 32.2 Å². The molecule has 2 saturated heterocycles. The smallest absolute Gasteiger partial charge is 0.220 e. The van der Waals surface area contributed by atoms with Crippen molar-refractivity contribution in [2.45, 2.75) is 57.1 Å². The Hall–Kier alpha value is -1.40. The van der Waals surface area contributed by atoms with E-state index < -0.39 is 15.4 Å². The van der Waals surface area contributed by atoms with Crippen molar-refractivity contribution < 1.29 is 17.9 Å². The Kier molecular flexibility index (Phi) is 5.49. The van der Waals surface area contributed by atoms with Gasteiger partial charge in [0.1, 0.15) is 0 Å². The first kappa shape index (κ1) is 18.4. The lowest BCUT2D eigenvalue weighted by Crippen LogP contribution is -2.49. The van der Waals surface area contributed by atoms with E-state index in [2.05, 4.69) is 36.5 Å². The molecule has 5 nitrogen and oxygen atoms in total. The van der Waals surface area contributed by atoms with E-state index in [0.29, 0.717) is 25.9 Å². The number of benzene rings is 1. The highest BCUT2D eigenvalue weighted by molar-refractivity contribution is 7.91. The maximum atomic E-state index is 12.3. The molecule has 1 spiro atoms. The molecule has 1 aromatic carbocycles. The van der Waals surface area contributed by atoms with Gasteiger partial charge in [-0.15, -0.1) is 0 Å². The number of carbonyl (C=O) groups is 1. The summed E-state index contributed by atoms with van der Waals surface area (Å²) in [6, 6.07) is 8.39. The fourth-order valence-electron chi connectivity index (χ4n) is 3.81. The van der Waals surface area contributed by atoms with Crippen LogP contribution in [0.1, 0.15) is 43.7 Å². The minimum atomic E-state index is -3.00. The summed E-state index contributed by atoms with van der Waals surface area (Å²) in [5.41, 5.74) is 1.88. The Labute approximate surface area is 150 Å². The van der Waals surface area contributed by atoms with Crippen molar-refractivity contribution in [2.75, 3.05) is 18.1 Å². The molecule has 2 aliphatic rings. The van der Waals surface area contributed by atoms with E-state index in [1.54, 1.807) is 0 Å². The highest BCUT2D eigenvalue weighted by Crippen LogP contribution is 2.35. The summed E-state index contributed by atoms with van der Waals surface area (Å²) in [5.74, 6) is 0.319. The van der Waals surface area contributed by atoms with Gasteiger partial charge in [0.25, 0.3) is 0 Å². The number of rotatable bonds is 5. The van der Waals surface area contributed by atoms with E-state index in [1.807, 2.05) is 0 Å². The van der Waals surface area contributed by atoms with Gasteiger partial charge in [-0.3, -0.25) is 4.79 Å². The molecule has 0 aromatic heterocycles. The molecule has 2 aliphatic heterocycles. The number of nitrogens with one attached hydrogen (secondary N) is 1. The molecule has 0 saturated carbocycles. The Morgan fingerprint density at radius 3 is 2.64 bits per heavy atom. The van der Waals surface area contributed by atoms with Crippen LogP contribution in [0.4, 0.5) is 0 Å². The van der Waals surface area contributed by atoms with Gasteiger partial charge in [-0.25, -0.2) is 8.42 Å². The van der Waals surface area contributed by atoms with Crippen molar-refractivity contribution in [2.24, 2.45) is 0 Å². The molecule has 1 amide bonds. The van der Waals surface area contributed by atoms with Gasteiger partial charge in [0.15, 0.2) is 9.84 Å². The number of amides is 1. The van der Waals surface area contributed by atoms with Crippen molar-refractivity contribution in [3.8, 4) is 0 Å². The van der Waals surface area contributed by atoms with Crippen LogP contribution < -0.4 is 5.32 Å². The topological polar surface area (TPSA) is 72.5 Å². The molecule has 138 valence electrons. The number of carbonyl (C=O) groups excluding carboxylic acids is 1. The highest BCUT2D eigenvalue weighted by Gasteiger charge is 2.46. The second kappa shape index (κ2) is 7.46. The maximum absolute atomic E-state index is 12.3. The first-order chi connectivity index (χ1) is 11.9. The van der Waals surface area contributed by atoms with Crippen molar-refractivity contribution in [3.63, 3.8) is 0 Å². The fourth-order valence-corrected chi connectivity index (χ4v) is 5.79. The van der Waals surface area contributed by atoms with Crippen molar-refractivity contribution in [3.05, 3.63) is 35.4 Å². The van der Waals surface area contributed by atoms with Gasteiger partial charge >= 0.3 is 0 Å². The zero-order chi connectivity index (χ0) is 17.9. The van der Waals surface area contributed by atoms with Gasteiger partial charge in [0.05, 0.1) is 17.1 Å². The molecule has 0 radical (unpaired) electrons. The third-order valence-corrected chi connectivity index (χ3v) is 7.07. The first-order valence-corrected chi connectivity index (χ1v) is 10.9. The van der Waals surface area contributed by atoms with Crippen molar-refractivity contribution in [1.82, 2.24) is 5.32 Å². The van der Waals surface area contributed by atoms with E-state index in [-0.39, 0.29) is 23.5 Å². The second-order valence-electron chi connectivity index (χ2n) is 7.30. The summed E-state index contributed by atoms with van der Waals surface area (Å²) in [6.07, 6.45) is 4.09. The lowest BCUT2D eigenvalue weighted by Gasteiger charge is -2.37. The van der Waals surface area contributed by atoms with E-state index in [0.717, 1.165) is 24.8 Å². The molecule has 1 aromatic rings. The average molecular weight is 365 g/mol. The zero-order valence-corrected chi connectivity index (χ0v) is 15.6. The van der Waals surface area contributed by atoms with Crippen molar-refractivity contribution in [1.29, 1.82) is 0 Å². The van der Waals surface area contributed by atoms with E-state index in [1.165, 1.54) is 5.56 Å². The van der Waals surface area contributed by atoms with Gasteiger partial charge in [-0.1, -0.05) is 31.2 Å². The number of hydrogen-bond donors (Lipinski definition) is 1. The van der Waals surface area contributed by atoms with Gasteiger partial charge < -0.3 is 10.1 Å². The van der Waals surface area contributed by atoms with Crippen LogP contribution in [0.15, 0.2) is 24.3 Å². The quantitative estimate of drug-likeness (QED) is 0.867. The molecule has 25 heavy (non-hydrogen) atoms. The molecule has 2 atom stereocenters. The highest BCUT2D eigenvalue weighted by atomic mass is 32.2. The number of hydrogen-bond acceptors (Lipinski definition) is 4. The maximum Gasteiger partial charge on any atom is 0.220 e. The van der Waals surface area contributed by atoms with Crippen LogP contribution in [-0.4, -0.2) is 44.1 Å². The molecule has 0 aliphatic carbocycles.